The Morgan fingerprint density at radius 2 is 2.31 bits per heavy atom. The molecule has 0 heterocycles. The average molecular weight is 245 g/mol. The summed E-state index contributed by atoms with van der Waals surface area (Å²) in [7, 11) is 0. The van der Waals surface area contributed by atoms with E-state index in [1.807, 2.05) is 6.92 Å². The molecule has 6 heteroatoms. The van der Waals surface area contributed by atoms with Gasteiger partial charge in [0.15, 0.2) is 0 Å². The van der Waals surface area contributed by atoms with Crippen LogP contribution < -0.4 is 0 Å². The van der Waals surface area contributed by atoms with Gasteiger partial charge in [0.25, 0.3) is 0 Å². The number of nitro benzene ring substituents is 1. The Kier molecular flexibility index (Phi) is 4.70. The van der Waals surface area contributed by atoms with Crippen molar-refractivity contribution in [3.63, 3.8) is 0 Å². The van der Waals surface area contributed by atoms with Gasteiger partial charge in [0.1, 0.15) is 0 Å². The molecule has 1 aromatic rings. The molecule has 0 saturated carbocycles. The predicted molar refractivity (Wildman–Crippen MR) is 60.1 cm³/mol. The normalized spacial score (nSPS) is 12.4. The SMILES string of the molecule is CC(CCO)Sc1cccc(F)c1[N+](=O)[O-]. The van der Waals surface area contributed by atoms with Crippen molar-refractivity contribution in [1.82, 2.24) is 0 Å². The van der Waals surface area contributed by atoms with Crippen molar-refractivity contribution in [2.75, 3.05) is 6.61 Å². The van der Waals surface area contributed by atoms with Gasteiger partial charge in [0.2, 0.25) is 5.82 Å². The number of para-hydroxylation sites is 1. The van der Waals surface area contributed by atoms with Crippen molar-refractivity contribution in [2.45, 2.75) is 23.5 Å². The molecule has 88 valence electrons. The number of halogens is 1. The lowest BCUT2D eigenvalue weighted by Crippen LogP contribution is -2.01. The van der Waals surface area contributed by atoms with Gasteiger partial charge in [-0.2, -0.15) is 4.39 Å². The standard InChI is InChI=1S/C10H12FNO3S/c1-7(5-6-13)16-9-4-2-3-8(11)10(9)12(14)15/h2-4,7,13H,5-6H2,1H3. The number of thioether (sulfide) groups is 1. The Bertz CT molecular complexity index is 386. The zero-order chi connectivity index (χ0) is 12.1. The molecule has 0 aliphatic rings. The number of nitro groups is 1. The van der Waals surface area contributed by atoms with Gasteiger partial charge in [-0.25, -0.2) is 0 Å². The van der Waals surface area contributed by atoms with E-state index in [2.05, 4.69) is 0 Å². The van der Waals surface area contributed by atoms with Crippen LogP contribution in [0.3, 0.4) is 0 Å². The molecule has 0 aliphatic heterocycles. The molecule has 1 rings (SSSR count). The molecule has 1 unspecified atom stereocenters. The molecule has 0 saturated heterocycles. The number of rotatable bonds is 5. The van der Waals surface area contributed by atoms with Crippen molar-refractivity contribution in [1.29, 1.82) is 0 Å². The highest BCUT2D eigenvalue weighted by Gasteiger charge is 2.21. The van der Waals surface area contributed by atoms with E-state index in [4.69, 9.17) is 5.11 Å². The highest BCUT2D eigenvalue weighted by Crippen LogP contribution is 2.34. The van der Waals surface area contributed by atoms with Crippen LogP contribution in [0.15, 0.2) is 23.1 Å². The van der Waals surface area contributed by atoms with Crippen LogP contribution in [-0.4, -0.2) is 21.9 Å². The molecular formula is C10H12FNO3S. The monoisotopic (exact) mass is 245 g/mol. The molecule has 16 heavy (non-hydrogen) atoms. The van der Waals surface area contributed by atoms with Crippen LogP contribution >= 0.6 is 11.8 Å². The minimum absolute atomic E-state index is 0.00509. The van der Waals surface area contributed by atoms with E-state index < -0.39 is 16.4 Å². The first-order valence-corrected chi connectivity index (χ1v) is 5.64. The molecule has 0 bridgehead atoms. The zero-order valence-corrected chi connectivity index (χ0v) is 9.54. The lowest BCUT2D eigenvalue weighted by molar-refractivity contribution is -0.390. The Morgan fingerprint density at radius 1 is 1.62 bits per heavy atom. The third-order valence-corrected chi connectivity index (χ3v) is 3.22. The molecule has 0 aliphatic carbocycles. The number of benzene rings is 1. The largest absolute Gasteiger partial charge is 0.396 e. The lowest BCUT2D eigenvalue weighted by Gasteiger charge is -2.09. The van der Waals surface area contributed by atoms with Gasteiger partial charge >= 0.3 is 5.69 Å². The summed E-state index contributed by atoms with van der Waals surface area (Å²) < 4.78 is 13.2. The van der Waals surface area contributed by atoms with Crippen molar-refractivity contribution in [3.8, 4) is 0 Å². The average Bonchev–Trinajstić information content (AvgIpc) is 2.17. The molecule has 4 nitrogen and oxygen atoms in total. The predicted octanol–water partition coefficient (Wildman–Crippen LogP) is 2.60. The van der Waals surface area contributed by atoms with Crippen LogP contribution in [0.1, 0.15) is 13.3 Å². The molecule has 0 radical (unpaired) electrons. The fourth-order valence-electron chi connectivity index (χ4n) is 1.23. The van der Waals surface area contributed by atoms with Gasteiger partial charge in [-0.1, -0.05) is 13.0 Å². The minimum atomic E-state index is -0.828. The van der Waals surface area contributed by atoms with Gasteiger partial charge in [0, 0.05) is 11.9 Å². The molecule has 0 aromatic heterocycles. The quantitative estimate of drug-likeness (QED) is 0.492. The van der Waals surface area contributed by atoms with Gasteiger partial charge in [-0.15, -0.1) is 11.8 Å². The molecule has 0 spiro atoms. The molecule has 0 fully saturated rings. The number of hydrogen-bond acceptors (Lipinski definition) is 4. The maximum atomic E-state index is 13.2. The van der Waals surface area contributed by atoms with E-state index in [-0.39, 0.29) is 11.9 Å². The van der Waals surface area contributed by atoms with Crippen molar-refractivity contribution in [2.24, 2.45) is 0 Å². The van der Waals surface area contributed by atoms with Gasteiger partial charge in [-0.3, -0.25) is 10.1 Å². The second-order valence-electron chi connectivity index (χ2n) is 3.28. The first kappa shape index (κ1) is 12.9. The summed E-state index contributed by atoms with van der Waals surface area (Å²) in [5, 5.41) is 19.4. The van der Waals surface area contributed by atoms with Gasteiger partial charge < -0.3 is 5.11 Å². The van der Waals surface area contributed by atoms with Crippen LogP contribution in [0, 0.1) is 15.9 Å². The highest BCUT2D eigenvalue weighted by molar-refractivity contribution is 8.00. The Labute approximate surface area is 96.6 Å². The summed E-state index contributed by atoms with van der Waals surface area (Å²) in [6, 6.07) is 4.02. The summed E-state index contributed by atoms with van der Waals surface area (Å²) in [4.78, 5) is 10.3. The van der Waals surface area contributed by atoms with Gasteiger partial charge in [0.05, 0.1) is 9.82 Å². The number of aliphatic hydroxyl groups excluding tert-OH is 1. The number of aliphatic hydroxyl groups is 1. The second-order valence-corrected chi connectivity index (χ2v) is 4.76. The summed E-state index contributed by atoms with van der Waals surface area (Å²) in [6.07, 6.45) is 0.512. The maximum Gasteiger partial charge on any atom is 0.318 e. The van der Waals surface area contributed by atoms with E-state index in [0.29, 0.717) is 11.3 Å². The smallest absolute Gasteiger partial charge is 0.318 e. The summed E-state index contributed by atoms with van der Waals surface area (Å²) in [5.41, 5.74) is -0.489. The number of nitrogens with zero attached hydrogens (tertiary/aromatic N) is 1. The van der Waals surface area contributed by atoms with Crippen LogP contribution in [0.4, 0.5) is 10.1 Å². The molecule has 0 amide bonds. The minimum Gasteiger partial charge on any atom is -0.396 e. The lowest BCUT2D eigenvalue weighted by atomic mass is 10.3. The van der Waals surface area contributed by atoms with Crippen molar-refractivity contribution < 1.29 is 14.4 Å². The second kappa shape index (κ2) is 5.81. The number of hydrogen-bond donors (Lipinski definition) is 1. The van der Waals surface area contributed by atoms with Crippen molar-refractivity contribution >= 4 is 17.4 Å². The van der Waals surface area contributed by atoms with Crippen LogP contribution in [-0.2, 0) is 0 Å². The fraction of sp³-hybridized carbons (Fsp3) is 0.400. The molecule has 1 N–H and O–H groups in total. The van der Waals surface area contributed by atoms with Gasteiger partial charge in [-0.05, 0) is 18.6 Å². The topological polar surface area (TPSA) is 63.4 Å². The Morgan fingerprint density at radius 3 is 2.88 bits per heavy atom. The van der Waals surface area contributed by atoms with E-state index in [1.165, 1.54) is 23.9 Å². The third-order valence-electron chi connectivity index (χ3n) is 2.00. The third kappa shape index (κ3) is 3.18. The summed E-state index contributed by atoms with van der Waals surface area (Å²) >= 11 is 1.20. The van der Waals surface area contributed by atoms with E-state index in [0.717, 1.165) is 6.07 Å². The molecular weight excluding hydrogens is 233 g/mol. The van der Waals surface area contributed by atoms with E-state index in [1.54, 1.807) is 0 Å². The summed E-state index contributed by atoms with van der Waals surface area (Å²) in [5.74, 6) is -0.828. The maximum absolute atomic E-state index is 13.2. The fourth-order valence-corrected chi connectivity index (χ4v) is 2.32. The zero-order valence-electron chi connectivity index (χ0n) is 8.72. The van der Waals surface area contributed by atoms with Crippen LogP contribution in [0.5, 0.6) is 0 Å². The highest BCUT2D eigenvalue weighted by atomic mass is 32.2. The molecule has 1 atom stereocenters. The van der Waals surface area contributed by atoms with Crippen LogP contribution in [0.25, 0.3) is 0 Å². The van der Waals surface area contributed by atoms with Crippen LogP contribution in [0.2, 0.25) is 0 Å². The van der Waals surface area contributed by atoms with Crippen molar-refractivity contribution in [3.05, 3.63) is 34.1 Å². The summed E-state index contributed by atoms with van der Waals surface area (Å²) in [6.45, 7) is 1.84. The van der Waals surface area contributed by atoms with E-state index in [9.17, 15) is 14.5 Å². The first-order chi connectivity index (χ1) is 7.56. The first-order valence-electron chi connectivity index (χ1n) is 4.76. The molecule has 1 aromatic carbocycles. The van der Waals surface area contributed by atoms with E-state index >= 15 is 0 Å². The Balaban J connectivity index is 2.95. The Hall–Kier alpha value is -1.14.